The van der Waals surface area contributed by atoms with Crippen LogP contribution in [-0.4, -0.2) is 41.0 Å². The molecule has 0 amide bonds. The smallest absolute Gasteiger partial charge is 0.366 e. The summed E-state index contributed by atoms with van der Waals surface area (Å²) in [7, 11) is 1.97. The highest BCUT2D eigenvalue weighted by Gasteiger charge is 2.34. The van der Waals surface area contributed by atoms with Crippen molar-refractivity contribution in [2.24, 2.45) is 5.84 Å². The Hall–Kier alpha value is -1.61. The molecule has 0 radical (unpaired) electrons. The van der Waals surface area contributed by atoms with Gasteiger partial charge in [0.05, 0.1) is 0 Å². The molecular weight excluding hydrogens is 273 g/mol. The molecule has 1 aliphatic rings. The van der Waals surface area contributed by atoms with E-state index in [4.69, 9.17) is 5.84 Å². The number of nitrogens with one attached hydrogen (secondary N) is 2. The summed E-state index contributed by atoms with van der Waals surface area (Å²) in [4.78, 5) is 9.34. The molecule has 0 spiro atoms. The van der Waals surface area contributed by atoms with Gasteiger partial charge in [-0.2, -0.15) is 18.2 Å². The zero-order valence-corrected chi connectivity index (χ0v) is 11.0. The number of nitrogens with zero attached hydrogens (tertiary/aromatic N) is 3. The summed E-state index contributed by atoms with van der Waals surface area (Å²) in [6, 6.07) is 0.963. The maximum atomic E-state index is 12.7. The quantitative estimate of drug-likeness (QED) is 0.575. The molecule has 1 saturated heterocycles. The molecule has 6 nitrogen and oxygen atoms in total. The molecule has 9 heteroatoms. The van der Waals surface area contributed by atoms with Crippen LogP contribution in [0.5, 0.6) is 0 Å². The van der Waals surface area contributed by atoms with Crippen molar-refractivity contribution in [2.75, 3.05) is 30.9 Å². The predicted molar refractivity (Wildman–Crippen MR) is 69.0 cm³/mol. The second-order valence-corrected chi connectivity index (χ2v) is 4.85. The number of anilines is 2. The first-order valence-electron chi connectivity index (χ1n) is 6.26. The van der Waals surface area contributed by atoms with E-state index in [1.54, 1.807) is 0 Å². The van der Waals surface area contributed by atoms with Crippen LogP contribution in [0.1, 0.15) is 18.5 Å². The van der Waals surface area contributed by atoms with Crippen LogP contribution in [0.2, 0.25) is 0 Å². The van der Waals surface area contributed by atoms with Crippen LogP contribution >= 0.6 is 0 Å². The molecular formula is C11H17F3N6. The first kappa shape index (κ1) is 14.8. The minimum Gasteiger partial charge on any atom is -0.366 e. The molecule has 1 aliphatic heterocycles. The minimum absolute atomic E-state index is 0.0651. The lowest BCUT2D eigenvalue weighted by atomic mass is 10.1. The van der Waals surface area contributed by atoms with Crippen LogP contribution < -0.4 is 16.6 Å². The topological polar surface area (TPSA) is 79.1 Å². The molecule has 2 rings (SSSR count). The number of alkyl halides is 3. The van der Waals surface area contributed by atoms with E-state index in [-0.39, 0.29) is 17.8 Å². The fourth-order valence-electron chi connectivity index (χ4n) is 2.22. The molecule has 0 aromatic carbocycles. The fourth-order valence-corrected chi connectivity index (χ4v) is 2.22. The number of aromatic nitrogens is 2. The maximum Gasteiger partial charge on any atom is 0.433 e. The summed E-state index contributed by atoms with van der Waals surface area (Å²) < 4.78 is 38.2. The molecule has 1 unspecified atom stereocenters. The summed E-state index contributed by atoms with van der Waals surface area (Å²) >= 11 is 0. The van der Waals surface area contributed by atoms with Gasteiger partial charge in [0.2, 0.25) is 5.95 Å². The highest BCUT2D eigenvalue weighted by molar-refractivity contribution is 5.43. The van der Waals surface area contributed by atoms with Crippen LogP contribution in [0.4, 0.5) is 24.9 Å². The third kappa shape index (κ3) is 3.70. The van der Waals surface area contributed by atoms with Crippen LogP contribution in [0.15, 0.2) is 6.07 Å². The van der Waals surface area contributed by atoms with Crippen molar-refractivity contribution >= 4 is 11.8 Å². The normalized spacial score (nSPS) is 20.8. The van der Waals surface area contributed by atoms with Gasteiger partial charge >= 0.3 is 6.18 Å². The molecule has 1 fully saturated rings. The molecule has 4 N–H and O–H groups in total. The van der Waals surface area contributed by atoms with E-state index in [2.05, 4.69) is 25.6 Å². The zero-order chi connectivity index (χ0) is 14.8. The summed E-state index contributed by atoms with van der Waals surface area (Å²) in [5.74, 6) is 4.98. The summed E-state index contributed by atoms with van der Waals surface area (Å²) in [6.07, 6.45) is -2.65. The van der Waals surface area contributed by atoms with Crippen molar-refractivity contribution in [3.05, 3.63) is 11.8 Å². The van der Waals surface area contributed by atoms with Crippen LogP contribution in [-0.2, 0) is 6.18 Å². The van der Waals surface area contributed by atoms with E-state index in [9.17, 15) is 13.2 Å². The number of nitrogen functional groups attached to an aromatic ring is 1. The average molecular weight is 290 g/mol. The van der Waals surface area contributed by atoms with Crippen LogP contribution in [0.25, 0.3) is 0 Å². The molecule has 0 bridgehead atoms. The Morgan fingerprint density at radius 3 is 2.75 bits per heavy atom. The van der Waals surface area contributed by atoms with Gasteiger partial charge in [0.15, 0.2) is 5.69 Å². The standard InChI is InChI=1S/C11H17F3N6/c1-20-4-2-3-7(6-20)16-9-5-8(11(12,13)14)17-10(18-9)19-15/h5,7H,2-4,6,15H2,1H3,(H2,16,17,18,19). The Labute approximate surface area is 114 Å². The maximum absolute atomic E-state index is 12.7. The number of rotatable bonds is 3. The Kier molecular flexibility index (Phi) is 4.29. The van der Waals surface area contributed by atoms with E-state index in [0.717, 1.165) is 32.0 Å². The van der Waals surface area contributed by atoms with Crippen molar-refractivity contribution < 1.29 is 13.2 Å². The van der Waals surface area contributed by atoms with Gasteiger partial charge in [0, 0.05) is 18.7 Å². The number of nitrogens with two attached hydrogens (primary N) is 1. The van der Waals surface area contributed by atoms with Gasteiger partial charge in [-0.05, 0) is 26.4 Å². The SMILES string of the molecule is CN1CCCC(Nc2cc(C(F)(F)F)nc(NN)n2)C1. The fraction of sp³-hybridized carbons (Fsp3) is 0.636. The molecule has 0 aliphatic carbocycles. The van der Waals surface area contributed by atoms with Gasteiger partial charge in [-0.15, -0.1) is 0 Å². The lowest BCUT2D eigenvalue weighted by Crippen LogP contribution is -2.40. The van der Waals surface area contributed by atoms with E-state index < -0.39 is 11.9 Å². The Morgan fingerprint density at radius 1 is 1.40 bits per heavy atom. The third-order valence-electron chi connectivity index (χ3n) is 3.12. The molecule has 2 heterocycles. The van der Waals surface area contributed by atoms with E-state index in [0.29, 0.717) is 0 Å². The van der Waals surface area contributed by atoms with Gasteiger partial charge in [0.25, 0.3) is 0 Å². The molecule has 1 aromatic heterocycles. The first-order chi connectivity index (χ1) is 9.38. The Bertz CT molecular complexity index is 464. The second kappa shape index (κ2) is 5.80. The van der Waals surface area contributed by atoms with Crippen LogP contribution in [0, 0.1) is 0 Å². The highest BCUT2D eigenvalue weighted by Crippen LogP contribution is 2.29. The Morgan fingerprint density at radius 2 is 2.15 bits per heavy atom. The number of likely N-dealkylation sites (tertiary alicyclic amines) is 1. The largest absolute Gasteiger partial charge is 0.433 e. The van der Waals surface area contributed by atoms with Gasteiger partial charge in [-0.25, -0.2) is 10.8 Å². The van der Waals surface area contributed by atoms with E-state index in [1.807, 2.05) is 7.05 Å². The lowest BCUT2D eigenvalue weighted by Gasteiger charge is -2.30. The number of hydrogen-bond acceptors (Lipinski definition) is 6. The van der Waals surface area contributed by atoms with Crippen molar-refractivity contribution in [3.8, 4) is 0 Å². The molecule has 0 saturated carbocycles. The van der Waals surface area contributed by atoms with Crippen molar-refractivity contribution in [2.45, 2.75) is 25.1 Å². The molecule has 20 heavy (non-hydrogen) atoms. The number of piperidine rings is 1. The molecule has 112 valence electrons. The van der Waals surface area contributed by atoms with Crippen molar-refractivity contribution in [1.29, 1.82) is 0 Å². The second-order valence-electron chi connectivity index (χ2n) is 4.85. The third-order valence-corrected chi connectivity index (χ3v) is 3.12. The highest BCUT2D eigenvalue weighted by atomic mass is 19.4. The van der Waals surface area contributed by atoms with E-state index in [1.165, 1.54) is 0 Å². The number of likely N-dealkylation sites (N-methyl/N-ethyl adjacent to an activating group) is 1. The number of halogens is 3. The molecule has 1 aromatic rings. The Balaban J connectivity index is 2.18. The van der Waals surface area contributed by atoms with Gasteiger partial charge in [-0.1, -0.05) is 0 Å². The monoisotopic (exact) mass is 290 g/mol. The molecule has 1 atom stereocenters. The van der Waals surface area contributed by atoms with Crippen molar-refractivity contribution in [3.63, 3.8) is 0 Å². The van der Waals surface area contributed by atoms with E-state index >= 15 is 0 Å². The number of hydrogen-bond donors (Lipinski definition) is 3. The van der Waals surface area contributed by atoms with Gasteiger partial charge in [0.1, 0.15) is 5.82 Å². The van der Waals surface area contributed by atoms with Crippen molar-refractivity contribution in [1.82, 2.24) is 14.9 Å². The predicted octanol–water partition coefficient (Wildman–Crippen LogP) is 1.29. The summed E-state index contributed by atoms with van der Waals surface area (Å²) in [6.45, 7) is 1.75. The average Bonchev–Trinajstić information content (AvgIpc) is 2.37. The van der Waals surface area contributed by atoms with Gasteiger partial charge in [-0.3, -0.25) is 5.43 Å². The number of hydrazine groups is 1. The first-order valence-corrected chi connectivity index (χ1v) is 6.26. The van der Waals surface area contributed by atoms with Crippen LogP contribution in [0.3, 0.4) is 0 Å². The summed E-state index contributed by atoms with van der Waals surface area (Å²) in [5.41, 5.74) is 1.03. The summed E-state index contributed by atoms with van der Waals surface area (Å²) in [5, 5.41) is 3.01. The zero-order valence-electron chi connectivity index (χ0n) is 11.0. The van der Waals surface area contributed by atoms with Gasteiger partial charge < -0.3 is 10.2 Å². The minimum atomic E-state index is -4.53. The lowest BCUT2D eigenvalue weighted by molar-refractivity contribution is -0.141.